The topological polar surface area (TPSA) is 79.6 Å². The Balaban J connectivity index is 1.30. The van der Waals surface area contributed by atoms with Crippen LogP contribution in [0.5, 0.6) is 11.5 Å². The molecule has 5 heterocycles. The molecule has 0 saturated carbocycles. The van der Waals surface area contributed by atoms with Crippen LogP contribution in [0.2, 0.25) is 0 Å². The summed E-state index contributed by atoms with van der Waals surface area (Å²) in [5.41, 5.74) is 2.91. The Morgan fingerprint density at radius 1 is 1.08 bits per heavy atom. The van der Waals surface area contributed by atoms with Crippen molar-refractivity contribution in [2.45, 2.75) is 33.4 Å². The van der Waals surface area contributed by atoms with Crippen molar-refractivity contribution >= 4 is 51.7 Å². The lowest BCUT2D eigenvalue weighted by atomic mass is 10.1. The first-order valence-corrected chi connectivity index (χ1v) is 14.2. The highest BCUT2D eigenvalue weighted by Crippen LogP contribution is 2.35. The van der Waals surface area contributed by atoms with Crippen molar-refractivity contribution in [3.05, 3.63) is 68.5 Å². The summed E-state index contributed by atoms with van der Waals surface area (Å²) >= 11 is 6.70. The average Bonchev–Trinajstić information content (AvgIpc) is 3.49. The minimum Gasteiger partial charge on any atom is -0.454 e. The molecule has 0 radical (unpaired) electrons. The minimum absolute atomic E-state index is 0.0563. The van der Waals surface area contributed by atoms with Crippen molar-refractivity contribution in [3.63, 3.8) is 0 Å². The van der Waals surface area contributed by atoms with E-state index in [1.807, 2.05) is 45.0 Å². The van der Waals surface area contributed by atoms with Crippen molar-refractivity contribution in [1.82, 2.24) is 19.2 Å². The van der Waals surface area contributed by atoms with Crippen LogP contribution in [0.15, 0.2) is 46.2 Å². The van der Waals surface area contributed by atoms with E-state index in [1.165, 1.54) is 11.8 Å². The first kappa shape index (κ1) is 25.8. The number of thioether (sulfide) groups is 1. The Hall–Kier alpha value is -3.41. The number of aromatic nitrogens is 2. The summed E-state index contributed by atoms with van der Waals surface area (Å²) in [6, 6.07) is 9.81. The van der Waals surface area contributed by atoms with Crippen LogP contribution in [0.25, 0.3) is 11.7 Å². The molecular formula is C28H29N5O4S2. The summed E-state index contributed by atoms with van der Waals surface area (Å²) in [7, 11) is 0. The second-order valence-corrected chi connectivity index (χ2v) is 11.9. The number of aryl methyl sites for hydroxylation is 1. The molecule has 202 valence electrons. The molecule has 3 aromatic rings. The van der Waals surface area contributed by atoms with Crippen molar-refractivity contribution in [1.29, 1.82) is 0 Å². The Bertz CT molecular complexity index is 1580. The lowest BCUT2D eigenvalue weighted by molar-refractivity contribution is -0.123. The summed E-state index contributed by atoms with van der Waals surface area (Å²) in [5, 5.41) is 0. The van der Waals surface area contributed by atoms with Gasteiger partial charge in [-0.25, -0.2) is 4.98 Å². The predicted octanol–water partition coefficient (Wildman–Crippen LogP) is 3.66. The molecule has 6 rings (SSSR count). The number of anilines is 1. The number of thiocarbonyl (C=S) groups is 1. The van der Waals surface area contributed by atoms with Gasteiger partial charge in [0.25, 0.3) is 11.5 Å². The number of carbonyl (C=O) groups is 1. The zero-order valence-corrected chi connectivity index (χ0v) is 23.7. The smallest absolute Gasteiger partial charge is 0.267 e. The van der Waals surface area contributed by atoms with Gasteiger partial charge < -0.3 is 14.4 Å². The Morgan fingerprint density at radius 3 is 2.59 bits per heavy atom. The van der Waals surface area contributed by atoms with Crippen LogP contribution in [0, 0.1) is 6.92 Å². The minimum atomic E-state index is -0.198. The van der Waals surface area contributed by atoms with E-state index < -0.39 is 0 Å². The van der Waals surface area contributed by atoms with Crippen molar-refractivity contribution in [2.75, 3.05) is 37.9 Å². The van der Waals surface area contributed by atoms with Gasteiger partial charge in [0, 0.05) is 45.0 Å². The molecular weight excluding hydrogens is 534 g/mol. The van der Waals surface area contributed by atoms with E-state index in [-0.39, 0.29) is 24.3 Å². The van der Waals surface area contributed by atoms with Crippen LogP contribution >= 0.6 is 24.0 Å². The fourth-order valence-corrected chi connectivity index (χ4v) is 6.59. The van der Waals surface area contributed by atoms with Gasteiger partial charge in [0.1, 0.15) is 15.8 Å². The van der Waals surface area contributed by atoms with Crippen LogP contribution in [0.1, 0.15) is 30.5 Å². The van der Waals surface area contributed by atoms with Crippen LogP contribution in [0.4, 0.5) is 5.82 Å². The molecule has 9 nitrogen and oxygen atoms in total. The molecule has 1 amide bonds. The van der Waals surface area contributed by atoms with E-state index in [0.29, 0.717) is 39.3 Å². The molecule has 0 atom stereocenters. The maximum Gasteiger partial charge on any atom is 0.267 e. The third-order valence-electron chi connectivity index (χ3n) is 7.12. The van der Waals surface area contributed by atoms with Gasteiger partial charge in [-0.15, -0.1) is 0 Å². The van der Waals surface area contributed by atoms with Crippen LogP contribution in [0.3, 0.4) is 0 Å². The second kappa shape index (κ2) is 10.3. The molecule has 1 aromatic carbocycles. The predicted molar refractivity (Wildman–Crippen MR) is 156 cm³/mol. The standard InChI is InChI=1S/C28H29N5O4S2/c1-17(2)33-27(35)23(39-28(33)38)13-20-25(29-24-7-4-18(3)14-32(24)26(20)34)31-10-8-30(9-11-31)15-19-5-6-21-22(12-19)37-16-36-21/h4-7,12-14,17H,8-11,15-16H2,1-3H3. The van der Waals surface area contributed by atoms with Gasteiger partial charge in [0.05, 0.1) is 10.5 Å². The number of piperazine rings is 1. The summed E-state index contributed by atoms with van der Waals surface area (Å²) in [6.07, 6.45) is 3.47. The van der Waals surface area contributed by atoms with Crippen molar-refractivity contribution in [2.24, 2.45) is 0 Å². The van der Waals surface area contributed by atoms with Crippen LogP contribution < -0.4 is 19.9 Å². The fourth-order valence-electron chi connectivity index (χ4n) is 5.09. The number of rotatable bonds is 5. The number of benzene rings is 1. The Morgan fingerprint density at radius 2 is 1.85 bits per heavy atom. The van der Waals surface area contributed by atoms with E-state index in [0.717, 1.165) is 42.3 Å². The van der Waals surface area contributed by atoms with Crippen molar-refractivity contribution < 1.29 is 14.3 Å². The molecule has 0 bridgehead atoms. The third kappa shape index (κ3) is 4.90. The zero-order valence-electron chi connectivity index (χ0n) is 22.0. The Labute approximate surface area is 236 Å². The number of carbonyl (C=O) groups excluding carboxylic acids is 1. The summed E-state index contributed by atoms with van der Waals surface area (Å²) < 4.78 is 13.0. The summed E-state index contributed by atoms with van der Waals surface area (Å²) in [6.45, 7) is 9.86. The molecule has 2 fully saturated rings. The van der Waals surface area contributed by atoms with E-state index in [4.69, 9.17) is 26.7 Å². The van der Waals surface area contributed by atoms with Gasteiger partial charge in [-0.3, -0.25) is 23.8 Å². The van der Waals surface area contributed by atoms with Crippen LogP contribution in [-0.4, -0.2) is 68.4 Å². The SMILES string of the molecule is Cc1ccc2nc(N3CCN(Cc4ccc5c(c4)OCO5)CC3)c(C=C3SC(=S)N(C(C)C)C3=O)c(=O)n2c1. The maximum absolute atomic E-state index is 13.8. The quantitative estimate of drug-likeness (QED) is 0.341. The van der Waals surface area contributed by atoms with Crippen molar-refractivity contribution in [3.8, 4) is 11.5 Å². The highest BCUT2D eigenvalue weighted by molar-refractivity contribution is 8.26. The normalized spacial score (nSPS) is 18.8. The largest absolute Gasteiger partial charge is 0.454 e. The number of nitrogens with zero attached hydrogens (tertiary/aromatic N) is 5. The summed E-state index contributed by atoms with van der Waals surface area (Å²) in [4.78, 5) is 38.4. The van der Waals surface area contributed by atoms with E-state index >= 15 is 0 Å². The van der Waals surface area contributed by atoms with Gasteiger partial charge in [0.2, 0.25) is 6.79 Å². The molecule has 3 aliphatic rings. The fraction of sp³-hybridized carbons (Fsp3) is 0.357. The van der Waals surface area contributed by atoms with Gasteiger partial charge in [-0.2, -0.15) is 0 Å². The van der Waals surface area contributed by atoms with Gasteiger partial charge in [-0.1, -0.05) is 36.1 Å². The summed E-state index contributed by atoms with van der Waals surface area (Å²) in [5.74, 6) is 2.00. The number of ether oxygens (including phenoxy) is 2. The van der Waals surface area contributed by atoms with Crippen LogP contribution in [-0.2, 0) is 11.3 Å². The number of pyridine rings is 1. The van der Waals surface area contributed by atoms with Gasteiger partial charge >= 0.3 is 0 Å². The molecule has 0 spiro atoms. The number of hydrogen-bond acceptors (Lipinski definition) is 9. The van der Waals surface area contributed by atoms with Gasteiger partial charge in [-0.05, 0) is 56.2 Å². The molecule has 11 heteroatoms. The Kier molecular flexibility index (Phi) is 6.82. The monoisotopic (exact) mass is 563 g/mol. The highest BCUT2D eigenvalue weighted by atomic mass is 32.2. The molecule has 2 saturated heterocycles. The number of hydrogen-bond donors (Lipinski definition) is 0. The molecule has 3 aliphatic heterocycles. The molecule has 2 aromatic heterocycles. The van der Waals surface area contributed by atoms with E-state index in [1.54, 1.807) is 21.6 Å². The average molecular weight is 564 g/mol. The highest BCUT2D eigenvalue weighted by Gasteiger charge is 2.34. The lowest BCUT2D eigenvalue weighted by Gasteiger charge is -2.36. The lowest BCUT2D eigenvalue weighted by Crippen LogP contribution is -2.47. The first-order valence-electron chi connectivity index (χ1n) is 12.9. The molecule has 39 heavy (non-hydrogen) atoms. The first-order chi connectivity index (χ1) is 18.8. The van der Waals surface area contributed by atoms with E-state index in [9.17, 15) is 9.59 Å². The van der Waals surface area contributed by atoms with E-state index in [2.05, 4.69) is 15.9 Å². The maximum atomic E-state index is 13.8. The molecule has 0 aliphatic carbocycles. The number of amides is 1. The molecule has 0 N–H and O–H groups in total. The number of fused-ring (bicyclic) bond motifs is 2. The zero-order chi connectivity index (χ0) is 27.3. The molecule has 0 unspecified atom stereocenters. The van der Waals surface area contributed by atoms with Gasteiger partial charge in [0.15, 0.2) is 11.5 Å². The second-order valence-electron chi connectivity index (χ2n) is 10.2. The third-order valence-corrected chi connectivity index (χ3v) is 8.45.